The van der Waals surface area contributed by atoms with Crippen LogP contribution in [0.4, 0.5) is 15.6 Å². The van der Waals surface area contributed by atoms with Gasteiger partial charge in [0.2, 0.25) is 0 Å². The summed E-state index contributed by atoms with van der Waals surface area (Å²) in [5.74, 6) is 0.515. The van der Waals surface area contributed by atoms with Crippen LogP contribution in [0.2, 0.25) is 0 Å². The number of hydrogen-bond acceptors (Lipinski definition) is 3. The van der Waals surface area contributed by atoms with Gasteiger partial charge in [0, 0.05) is 11.8 Å². The van der Waals surface area contributed by atoms with Gasteiger partial charge in [-0.15, -0.1) is 11.3 Å². The summed E-state index contributed by atoms with van der Waals surface area (Å²) in [6.07, 6.45) is 0. The highest BCUT2D eigenvalue weighted by Crippen LogP contribution is 2.15. The zero-order valence-corrected chi connectivity index (χ0v) is 8.89. The molecule has 0 unspecified atom stereocenters. The van der Waals surface area contributed by atoms with Crippen molar-refractivity contribution in [3.8, 4) is 0 Å². The number of nitrogens with one attached hydrogen (secondary N) is 3. The highest BCUT2D eigenvalue weighted by atomic mass is 32.1. The van der Waals surface area contributed by atoms with E-state index in [2.05, 4.69) is 20.8 Å². The number of carbonyl (C=O) groups excluding carboxylic acids is 1. The van der Waals surface area contributed by atoms with E-state index in [0.717, 1.165) is 10.7 Å². The van der Waals surface area contributed by atoms with E-state index < -0.39 is 0 Å². The molecule has 0 aliphatic heterocycles. The van der Waals surface area contributed by atoms with Crippen molar-refractivity contribution in [2.24, 2.45) is 0 Å². The molecule has 0 aliphatic rings. The molecule has 3 N–H and O–H groups in total. The average Bonchev–Trinajstić information content (AvgIpc) is 2.77. The zero-order valence-electron chi connectivity index (χ0n) is 8.07. The minimum atomic E-state index is -0.288. The number of aromatic nitrogens is 2. The molecule has 2 rings (SSSR count). The topological polar surface area (TPSA) is 69.8 Å². The molecule has 0 spiro atoms. The summed E-state index contributed by atoms with van der Waals surface area (Å²) in [4.78, 5) is 11.4. The second-order valence-electron chi connectivity index (χ2n) is 2.99. The fourth-order valence-corrected chi connectivity index (χ4v) is 1.70. The van der Waals surface area contributed by atoms with Gasteiger partial charge in [0.15, 0.2) is 5.82 Å². The molecule has 2 heterocycles. The number of hydrogen-bond donors (Lipinski definition) is 3. The van der Waals surface area contributed by atoms with Crippen LogP contribution >= 0.6 is 11.3 Å². The second-order valence-corrected chi connectivity index (χ2v) is 3.94. The molecule has 0 bridgehead atoms. The first-order valence-electron chi connectivity index (χ1n) is 4.37. The van der Waals surface area contributed by atoms with Gasteiger partial charge in [-0.2, -0.15) is 5.10 Å². The van der Waals surface area contributed by atoms with E-state index in [0.29, 0.717) is 5.82 Å². The Kier molecular flexibility index (Phi) is 2.68. The molecule has 0 radical (unpaired) electrons. The van der Waals surface area contributed by atoms with Gasteiger partial charge in [-0.1, -0.05) is 0 Å². The van der Waals surface area contributed by atoms with Crippen LogP contribution in [0.3, 0.4) is 0 Å². The van der Waals surface area contributed by atoms with E-state index in [1.165, 1.54) is 11.3 Å². The normalized spacial score (nSPS) is 9.93. The largest absolute Gasteiger partial charge is 0.325 e. The number of H-pyrrole nitrogens is 1. The number of urea groups is 1. The third-order valence-electron chi connectivity index (χ3n) is 1.71. The van der Waals surface area contributed by atoms with Gasteiger partial charge in [-0.05, 0) is 24.4 Å². The molecule has 6 heteroatoms. The highest BCUT2D eigenvalue weighted by Gasteiger charge is 2.04. The molecule has 78 valence electrons. The average molecular weight is 222 g/mol. The van der Waals surface area contributed by atoms with Crippen molar-refractivity contribution in [3.63, 3.8) is 0 Å². The Hall–Kier alpha value is -1.82. The summed E-state index contributed by atoms with van der Waals surface area (Å²) >= 11 is 1.47. The zero-order chi connectivity index (χ0) is 10.7. The molecule has 0 saturated heterocycles. The molecule has 0 fully saturated rings. The minimum absolute atomic E-state index is 0.288. The number of amides is 2. The summed E-state index contributed by atoms with van der Waals surface area (Å²) in [6.45, 7) is 1.87. The van der Waals surface area contributed by atoms with Crippen LogP contribution in [-0.4, -0.2) is 16.2 Å². The fraction of sp³-hybridized carbons (Fsp3) is 0.111. The van der Waals surface area contributed by atoms with Crippen LogP contribution < -0.4 is 10.6 Å². The number of aromatic amines is 1. The fourth-order valence-electron chi connectivity index (χ4n) is 1.09. The molecule has 2 aromatic heterocycles. The van der Waals surface area contributed by atoms with Crippen LogP contribution in [0.15, 0.2) is 23.6 Å². The van der Waals surface area contributed by atoms with Gasteiger partial charge in [0.25, 0.3) is 0 Å². The Bertz CT molecular complexity index is 448. The number of nitrogens with zero attached hydrogens (tertiary/aromatic N) is 1. The van der Waals surface area contributed by atoms with E-state index in [-0.39, 0.29) is 6.03 Å². The van der Waals surface area contributed by atoms with Gasteiger partial charge in [0.05, 0.1) is 5.00 Å². The molecule has 0 aromatic carbocycles. The van der Waals surface area contributed by atoms with Crippen molar-refractivity contribution >= 4 is 28.2 Å². The lowest BCUT2D eigenvalue weighted by Crippen LogP contribution is -2.18. The first-order valence-corrected chi connectivity index (χ1v) is 5.25. The van der Waals surface area contributed by atoms with Crippen LogP contribution in [0.25, 0.3) is 0 Å². The van der Waals surface area contributed by atoms with Crippen LogP contribution in [0.5, 0.6) is 0 Å². The minimum Gasteiger partial charge on any atom is -0.299 e. The number of aryl methyl sites for hydroxylation is 1. The number of anilines is 2. The van der Waals surface area contributed by atoms with Crippen molar-refractivity contribution in [2.75, 3.05) is 10.6 Å². The Morgan fingerprint density at radius 2 is 2.40 bits per heavy atom. The van der Waals surface area contributed by atoms with Crippen molar-refractivity contribution in [1.82, 2.24) is 10.2 Å². The molecule has 15 heavy (non-hydrogen) atoms. The monoisotopic (exact) mass is 222 g/mol. The van der Waals surface area contributed by atoms with Crippen LogP contribution in [0.1, 0.15) is 5.69 Å². The summed E-state index contributed by atoms with van der Waals surface area (Å²) in [6, 6.07) is 5.18. The van der Waals surface area contributed by atoms with Gasteiger partial charge in [-0.25, -0.2) is 4.79 Å². The summed E-state index contributed by atoms with van der Waals surface area (Å²) in [5.41, 5.74) is 0.904. The molecule has 0 atom stereocenters. The van der Waals surface area contributed by atoms with E-state index in [4.69, 9.17) is 0 Å². The Balaban J connectivity index is 1.93. The Morgan fingerprint density at radius 3 is 3.00 bits per heavy atom. The van der Waals surface area contributed by atoms with Crippen LogP contribution in [-0.2, 0) is 0 Å². The predicted octanol–water partition coefficient (Wildman–Crippen LogP) is 2.42. The van der Waals surface area contributed by atoms with E-state index in [1.54, 1.807) is 6.07 Å². The Labute approximate surface area is 90.5 Å². The third kappa shape index (κ3) is 2.57. The lowest BCUT2D eigenvalue weighted by atomic mass is 10.5. The smallest absolute Gasteiger partial charge is 0.299 e. The molecular formula is C9H10N4OS. The standard InChI is InChI=1S/C9H10N4OS/c1-6-5-7(13-12-6)10-9(14)11-8-3-2-4-15-8/h2-5H,1H3,(H3,10,11,12,13,14). The summed E-state index contributed by atoms with van der Waals surface area (Å²) in [5, 5.41) is 14.6. The number of thiophene rings is 1. The molecule has 0 aliphatic carbocycles. The highest BCUT2D eigenvalue weighted by molar-refractivity contribution is 7.14. The van der Waals surface area contributed by atoms with Gasteiger partial charge >= 0.3 is 6.03 Å². The van der Waals surface area contributed by atoms with Crippen LogP contribution in [0, 0.1) is 6.92 Å². The lowest BCUT2D eigenvalue weighted by molar-refractivity contribution is 0.262. The molecule has 0 saturated carbocycles. The SMILES string of the molecule is Cc1cc(NC(=O)Nc2cccs2)n[nH]1. The first kappa shape index (κ1) is 9.72. The van der Waals surface area contributed by atoms with Gasteiger partial charge < -0.3 is 0 Å². The summed E-state index contributed by atoms with van der Waals surface area (Å²) in [7, 11) is 0. The first-order chi connectivity index (χ1) is 7.24. The van der Waals surface area contributed by atoms with Crippen molar-refractivity contribution in [3.05, 3.63) is 29.3 Å². The predicted molar refractivity (Wildman–Crippen MR) is 60.3 cm³/mol. The van der Waals surface area contributed by atoms with Crippen molar-refractivity contribution in [1.29, 1.82) is 0 Å². The maximum atomic E-state index is 11.4. The molecular weight excluding hydrogens is 212 g/mol. The maximum Gasteiger partial charge on any atom is 0.325 e. The molecule has 5 nitrogen and oxygen atoms in total. The maximum absolute atomic E-state index is 11.4. The second kappa shape index (κ2) is 4.14. The molecule has 2 aromatic rings. The van der Waals surface area contributed by atoms with Gasteiger partial charge in [-0.3, -0.25) is 15.7 Å². The van der Waals surface area contributed by atoms with E-state index in [1.807, 2.05) is 24.4 Å². The van der Waals surface area contributed by atoms with E-state index >= 15 is 0 Å². The lowest BCUT2D eigenvalue weighted by Gasteiger charge is -2.01. The Morgan fingerprint density at radius 1 is 1.53 bits per heavy atom. The van der Waals surface area contributed by atoms with E-state index in [9.17, 15) is 4.79 Å². The quantitative estimate of drug-likeness (QED) is 0.730. The summed E-state index contributed by atoms with van der Waals surface area (Å²) < 4.78 is 0. The number of rotatable bonds is 2. The number of carbonyl (C=O) groups is 1. The van der Waals surface area contributed by atoms with Crippen molar-refractivity contribution in [2.45, 2.75) is 6.92 Å². The third-order valence-corrected chi connectivity index (χ3v) is 2.49. The van der Waals surface area contributed by atoms with Crippen molar-refractivity contribution < 1.29 is 4.79 Å². The molecule has 2 amide bonds. The van der Waals surface area contributed by atoms with Gasteiger partial charge in [0.1, 0.15) is 0 Å².